The second-order valence-corrected chi connectivity index (χ2v) is 6.03. The number of nitrogens with zero attached hydrogens (tertiary/aromatic N) is 3. The Labute approximate surface area is 141 Å². The Balaban J connectivity index is 2.04. The predicted molar refractivity (Wildman–Crippen MR) is 94.2 cm³/mol. The molecule has 24 heavy (non-hydrogen) atoms. The van der Waals surface area contributed by atoms with Gasteiger partial charge in [-0.15, -0.1) is 0 Å². The van der Waals surface area contributed by atoms with E-state index < -0.39 is 0 Å². The van der Waals surface area contributed by atoms with E-state index in [0.717, 1.165) is 22.4 Å². The van der Waals surface area contributed by atoms with E-state index in [0.29, 0.717) is 17.9 Å². The molecule has 0 fully saturated rings. The SMILES string of the molecule is Cc1nc2c(OCc3ccccc3)cc(C(=O)N(C)C)cc2n1C. The third kappa shape index (κ3) is 2.97. The average molecular weight is 323 g/mol. The molecule has 0 unspecified atom stereocenters. The van der Waals surface area contributed by atoms with Gasteiger partial charge >= 0.3 is 0 Å². The van der Waals surface area contributed by atoms with Crippen molar-refractivity contribution in [3.63, 3.8) is 0 Å². The van der Waals surface area contributed by atoms with Crippen LogP contribution in [0.3, 0.4) is 0 Å². The van der Waals surface area contributed by atoms with E-state index in [1.54, 1.807) is 25.1 Å². The smallest absolute Gasteiger partial charge is 0.253 e. The number of imidazole rings is 1. The number of amides is 1. The van der Waals surface area contributed by atoms with E-state index in [1.807, 2.05) is 54.9 Å². The molecule has 0 N–H and O–H groups in total. The summed E-state index contributed by atoms with van der Waals surface area (Å²) in [4.78, 5) is 18.5. The number of aromatic nitrogens is 2. The maximum atomic E-state index is 12.4. The largest absolute Gasteiger partial charge is 0.487 e. The maximum absolute atomic E-state index is 12.4. The number of rotatable bonds is 4. The topological polar surface area (TPSA) is 47.4 Å². The van der Waals surface area contributed by atoms with Gasteiger partial charge in [0.25, 0.3) is 5.91 Å². The van der Waals surface area contributed by atoms with Gasteiger partial charge in [0.15, 0.2) is 0 Å². The van der Waals surface area contributed by atoms with Crippen molar-refractivity contribution in [2.75, 3.05) is 14.1 Å². The molecule has 0 aliphatic rings. The lowest BCUT2D eigenvalue weighted by atomic mass is 10.1. The second-order valence-electron chi connectivity index (χ2n) is 6.03. The third-order valence-electron chi connectivity index (χ3n) is 4.07. The van der Waals surface area contributed by atoms with Crippen LogP contribution in [-0.2, 0) is 13.7 Å². The maximum Gasteiger partial charge on any atom is 0.253 e. The van der Waals surface area contributed by atoms with Gasteiger partial charge in [-0.25, -0.2) is 4.98 Å². The van der Waals surface area contributed by atoms with Crippen molar-refractivity contribution in [2.24, 2.45) is 7.05 Å². The summed E-state index contributed by atoms with van der Waals surface area (Å²) >= 11 is 0. The summed E-state index contributed by atoms with van der Waals surface area (Å²) in [5, 5.41) is 0. The monoisotopic (exact) mass is 323 g/mol. The standard InChI is InChI=1S/C19H21N3O2/c1-13-20-18-16(22(13)4)10-15(19(23)21(2)3)11-17(18)24-12-14-8-6-5-7-9-14/h5-11H,12H2,1-4H3. The van der Waals surface area contributed by atoms with Gasteiger partial charge in [-0.3, -0.25) is 4.79 Å². The first-order chi connectivity index (χ1) is 11.5. The van der Waals surface area contributed by atoms with E-state index in [9.17, 15) is 4.79 Å². The molecule has 0 saturated carbocycles. The van der Waals surface area contributed by atoms with Gasteiger partial charge in [-0.1, -0.05) is 30.3 Å². The predicted octanol–water partition coefficient (Wildman–Crippen LogP) is 3.16. The quantitative estimate of drug-likeness (QED) is 0.741. The average Bonchev–Trinajstić information content (AvgIpc) is 2.87. The molecule has 0 bridgehead atoms. The number of hydrogen-bond acceptors (Lipinski definition) is 3. The molecule has 0 aliphatic heterocycles. The first-order valence-electron chi connectivity index (χ1n) is 7.83. The molecule has 3 rings (SSSR count). The fourth-order valence-corrected chi connectivity index (χ4v) is 2.60. The van der Waals surface area contributed by atoms with Crippen LogP contribution in [0.1, 0.15) is 21.7 Å². The number of fused-ring (bicyclic) bond motifs is 1. The van der Waals surface area contributed by atoms with E-state index >= 15 is 0 Å². The lowest BCUT2D eigenvalue weighted by molar-refractivity contribution is 0.0827. The Morgan fingerprint density at radius 3 is 2.58 bits per heavy atom. The van der Waals surface area contributed by atoms with Gasteiger partial charge in [0.05, 0.1) is 5.52 Å². The first-order valence-corrected chi connectivity index (χ1v) is 7.83. The minimum absolute atomic E-state index is 0.0553. The molecule has 5 nitrogen and oxygen atoms in total. The van der Waals surface area contributed by atoms with Crippen molar-refractivity contribution >= 4 is 16.9 Å². The molecule has 3 aromatic rings. The van der Waals surface area contributed by atoms with Gasteiger partial charge in [0, 0.05) is 26.7 Å². The lowest BCUT2D eigenvalue weighted by Gasteiger charge is -2.13. The molecule has 1 heterocycles. The number of carbonyl (C=O) groups is 1. The summed E-state index contributed by atoms with van der Waals surface area (Å²) < 4.78 is 7.97. The molecule has 124 valence electrons. The summed E-state index contributed by atoms with van der Waals surface area (Å²) in [6.07, 6.45) is 0. The zero-order valence-electron chi connectivity index (χ0n) is 14.4. The Hall–Kier alpha value is -2.82. The number of ether oxygens (including phenoxy) is 1. The van der Waals surface area contributed by atoms with Gasteiger partial charge in [0.1, 0.15) is 23.7 Å². The Morgan fingerprint density at radius 1 is 1.21 bits per heavy atom. The highest BCUT2D eigenvalue weighted by atomic mass is 16.5. The third-order valence-corrected chi connectivity index (χ3v) is 4.07. The summed E-state index contributed by atoms with van der Waals surface area (Å²) in [5.74, 6) is 1.45. The number of hydrogen-bond donors (Lipinski definition) is 0. The number of aryl methyl sites for hydroxylation is 2. The van der Waals surface area contributed by atoms with Crippen LogP contribution in [0.4, 0.5) is 0 Å². The fourth-order valence-electron chi connectivity index (χ4n) is 2.60. The minimum atomic E-state index is -0.0553. The van der Waals surface area contributed by atoms with E-state index in [2.05, 4.69) is 4.98 Å². The highest BCUT2D eigenvalue weighted by Gasteiger charge is 2.17. The Bertz CT molecular complexity index is 883. The molecular formula is C19H21N3O2. The molecule has 5 heteroatoms. The van der Waals surface area contributed by atoms with Crippen LogP contribution in [0.2, 0.25) is 0 Å². The Morgan fingerprint density at radius 2 is 1.92 bits per heavy atom. The van der Waals surface area contributed by atoms with Crippen molar-refractivity contribution in [2.45, 2.75) is 13.5 Å². The first kappa shape index (κ1) is 16.1. The number of carbonyl (C=O) groups excluding carboxylic acids is 1. The fraction of sp³-hybridized carbons (Fsp3) is 0.263. The van der Waals surface area contributed by atoms with Crippen LogP contribution >= 0.6 is 0 Å². The van der Waals surface area contributed by atoms with Crippen LogP contribution in [0.25, 0.3) is 11.0 Å². The van der Waals surface area contributed by atoms with Crippen molar-refractivity contribution in [3.05, 3.63) is 59.4 Å². The Kier molecular flexibility index (Phi) is 4.25. The molecule has 2 aromatic carbocycles. The van der Waals surface area contributed by atoms with Crippen molar-refractivity contribution in [3.8, 4) is 5.75 Å². The lowest BCUT2D eigenvalue weighted by Crippen LogP contribution is -2.21. The highest BCUT2D eigenvalue weighted by molar-refractivity contribution is 5.99. The van der Waals surface area contributed by atoms with Gasteiger partial charge in [0.2, 0.25) is 0 Å². The zero-order chi connectivity index (χ0) is 17.3. The number of benzene rings is 2. The van der Waals surface area contributed by atoms with E-state index in [1.165, 1.54) is 0 Å². The van der Waals surface area contributed by atoms with Gasteiger partial charge in [-0.05, 0) is 24.6 Å². The van der Waals surface area contributed by atoms with Gasteiger partial charge < -0.3 is 14.2 Å². The van der Waals surface area contributed by atoms with Crippen LogP contribution in [0.5, 0.6) is 5.75 Å². The molecular weight excluding hydrogens is 302 g/mol. The van der Waals surface area contributed by atoms with Crippen LogP contribution in [0.15, 0.2) is 42.5 Å². The molecule has 0 radical (unpaired) electrons. The highest BCUT2D eigenvalue weighted by Crippen LogP contribution is 2.28. The van der Waals surface area contributed by atoms with Crippen LogP contribution in [-0.4, -0.2) is 34.5 Å². The van der Waals surface area contributed by atoms with Crippen molar-refractivity contribution in [1.82, 2.24) is 14.5 Å². The second kappa shape index (κ2) is 6.35. The van der Waals surface area contributed by atoms with Crippen molar-refractivity contribution < 1.29 is 9.53 Å². The summed E-state index contributed by atoms with van der Waals surface area (Å²) in [5.41, 5.74) is 3.34. The summed E-state index contributed by atoms with van der Waals surface area (Å²) in [7, 11) is 5.42. The van der Waals surface area contributed by atoms with Crippen LogP contribution in [0, 0.1) is 6.92 Å². The molecule has 1 amide bonds. The van der Waals surface area contributed by atoms with Gasteiger partial charge in [-0.2, -0.15) is 0 Å². The van der Waals surface area contributed by atoms with E-state index in [4.69, 9.17) is 4.74 Å². The zero-order valence-corrected chi connectivity index (χ0v) is 14.4. The van der Waals surface area contributed by atoms with Crippen LogP contribution < -0.4 is 4.74 Å². The summed E-state index contributed by atoms with van der Waals surface area (Å²) in [6.45, 7) is 2.37. The molecule has 0 spiro atoms. The molecule has 0 saturated heterocycles. The van der Waals surface area contributed by atoms with E-state index in [-0.39, 0.29) is 5.91 Å². The molecule has 0 aliphatic carbocycles. The molecule has 1 aromatic heterocycles. The molecule has 0 atom stereocenters. The minimum Gasteiger partial charge on any atom is -0.487 e. The normalized spacial score (nSPS) is 10.8. The van der Waals surface area contributed by atoms with Crippen molar-refractivity contribution in [1.29, 1.82) is 0 Å². The summed E-state index contributed by atoms with van der Waals surface area (Å²) in [6, 6.07) is 13.6.